The van der Waals surface area contributed by atoms with Crippen LogP contribution >= 0.6 is 0 Å². The Balaban J connectivity index is 1.70. The molecular formula is C20H29NO4. The summed E-state index contributed by atoms with van der Waals surface area (Å²) in [5.74, 6) is -0.102. The number of hydrogen-bond donors (Lipinski definition) is 1. The van der Waals surface area contributed by atoms with Crippen molar-refractivity contribution in [1.82, 2.24) is 4.90 Å². The maximum atomic E-state index is 13.2. The first-order valence-electron chi connectivity index (χ1n) is 9.71. The van der Waals surface area contributed by atoms with Gasteiger partial charge in [0.05, 0.1) is 5.92 Å². The standard InChI is InChI=1S/C20H29NO4/c1-19-8-6-12-17(11(19)4-5-13(19)18(24)25)14(22)10-15-20(12,2)9-7-16(23)21(15)3/h11-13,15,17H,4-10H2,1-3H3,(H,24,25)/t11-,12+,13?,15?,17-,19-,20+/m0/s1. The SMILES string of the molecule is CN1C(=O)CC[C@@]2(C)C1CC(=O)[C@@H]1[C@H]2CC[C@]2(C)C(C(=O)O)CC[C@@H]12. The number of ketones is 1. The largest absolute Gasteiger partial charge is 0.481 e. The molecule has 3 saturated carbocycles. The number of aliphatic carboxylic acids is 1. The van der Waals surface area contributed by atoms with E-state index in [0.717, 1.165) is 25.7 Å². The highest BCUT2D eigenvalue weighted by molar-refractivity contribution is 5.86. The smallest absolute Gasteiger partial charge is 0.307 e. The second-order valence-electron chi connectivity index (χ2n) is 9.45. The van der Waals surface area contributed by atoms with Gasteiger partial charge in [0.15, 0.2) is 0 Å². The van der Waals surface area contributed by atoms with Gasteiger partial charge in [-0.15, -0.1) is 0 Å². The third kappa shape index (κ3) is 2.10. The van der Waals surface area contributed by atoms with Crippen molar-refractivity contribution < 1.29 is 19.5 Å². The molecule has 0 aromatic carbocycles. The van der Waals surface area contributed by atoms with Crippen LogP contribution in [-0.4, -0.2) is 40.8 Å². The fraction of sp³-hybridized carbons (Fsp3) is 0.850. The maximum absolute atomic E-state index is 13.2. The highest BCUT2D eigenvalue weighted by Crippen LogP contribution is 2.65. The number of carboxylic acid groups (broad SMARTS) is 1. The molecule has 0 spiro atoms. The van der Waals surface area contributed by atoms with Crippen molar-refractivity contribution in [2.45, 2.75) is 64.8 Å². The van der Waals surface area contributed by atoms with Crippen LogP contribution in [0.25, 0.3) is 0 Å². The maximum Gasteiger partial charge on any atom is 0.307 e. The fourth-order valence-electron chi connectivity index (χ4n) is 7.20. The van der Waals surface area contributed by atoms with Gasteiger partial charge in [-0.05, 0) is 54.8 Å². The summed E-state index contributed by atoms with van der Waals surface area (Å²) < 4.78 is 0. The van der Waals surface area contributed by atoms with Crippen molar-refractivity contribution in [1.29, 1.82) is 0 Å². The van der Waals surface area contributed by atoms with Crippen molar-refractivity contribution in [3.63, 3.8) is 0 Å². The minimum atomic E-state index is -0.696. The van der Waals surface area contributed by atoms with Gasteiger partial charge in [-0.1, -0.05) is 13.8 Å². The Morgan fingerprint density at radius 2 is 1.76 bits per heavy atom. The van der Waals surface area contributed by atoms with E-state index in [-0.39, 0.29) is 46.3 Å². The topological polar surface area (TPSA) is 74.7 Å². The summed E-state index contributed by atoms with van der Waals surface area (Å²) in [7, 11) is 1.85. The molecule has 0 radical (unpaired) electrons. The van der Waals surface area contributed by atoms with Crippen LogP contribution < -0.4 is 0 Å². The molecule has 3 aliphatic carbocycles. The van der Waals surface area contributed by atoms with Gasteiger partial charge in [-0.2, -0.15) is 0 Å². The summed E-state index contributed by atoms with van der Waals surface area (Å²) in [6.45, 7) is 4.38. The summed E-state index contributed by atoms with van der Waals surface area (Å²) in [6, 6.07) is 0.0172. The van der Waals surface area contributed by atoms with Crippen LogP contribution in [0.5, 0.6) is 0 Å². The van der Waals surface area contributed by atoms with E-state index in [0.29, 0.717) is 25.2 Å². The molecule has 138 valence electrons. The number of hydrogen-bond acceptors (Lipinski definition) is 3. The van der Waals surface area contributed by atoms with E-state index >= 15 is 0 Å². The number of nitrogens with zero attached hydrogens (tertiary/aromatic N) is 1. The third-order valence-corrected chi connectivity index (χ3v) is 8.68. The summed E-state index contributed by atoms with van der Waals surface area (Å²) >= 11 is 0. The molecule has 4 fully saturated rings. The zero-order chi connectivity index (χ0) is 18.1. The number of fused-ring (bicyclic) bond motifs is 5. The van der Waals surface area contributed by atoms with Crippen LogP contribution in [0.15, 0.2) is 0 Å². The first kappa shape index (κ1) is 17.0. The number of carbonyl (C=O) groups is 3. The summed E-state index contributed by atoms with van der Waals surface area (Å²) in [5.41, 5.74) is -0.258. The molecule has 5 heteroatoms. The Morgan fingerprint density at radius 3 is 2.44 bits per heavy atom. The summed E-state index contributed by atoms with van der Waals surface area (Å²) in [6.07, 6.45) is 5.25. The van der Waals surface area contributed by atoms with E-state index < -0.39 is 5.97 Å². The summed E-state index contributed by atoms with van der Waals surface area (Å²) in [4.78, 5) is 38.9. The molecule has 1 N–H and O–H groups in total. The Labute approximate surface area is 149 Å². The van der Waals surface area contributed by atoms with E-state index in [2.05, 4.69) is 13.8 Å². The van der Waals surface area contributed by atoms with Gasteiger partial charge in [0.2, 0.25) is 5.91 Å². The lowest BCUT2D eigenvalue weighted by atomic mass is 9.46. The van der Waals surface area contributed by atoms with E-state index in [1.54, 1.807) is 0 Å². The molecule has 7 atom stereocenters. The Morgan fingerprint density at radius 1 is 1.08 bits per heavy atom. The fourth-order valence-corrected chi connectivity index (χ4v) is 7.20. The highest BCUT2D eigenvalue weighted by atomic mass is 16.4. The van der Waals surface area contributed by atoms with E-state index in [1.807, 2.05) is 11.9 Å². The number of Topliss-reactive ketones (excluding diaryl/α,β-unsaturated/α-hetero) is 1. The molecular weight excluding hydrogens is 318 g/mol. The lowest BCUT2D eigenvalue weighted by Gasteiger charge is -2.60. The molecule has 2 unspecified atom stereocenters. The van der Waals surface area contributed by atoms with Crippen LogP contribution in [0.4, 0.5) is 0 Å². The first-order chi connectivity index (χ1) is 11.7. The lowest BCUT2D eigenvalue weighted by molar-refractivity contribution is -0.170. The zero-order valence-corrected chi connectivity index (χ0v) is 15.5. The van der Waals surface area contributed by atoms with Crippen LogP contribution in [0.1, 0.15) is 58.8 Å². The number of likely N-dealkylation sites (tertiary alicyclic amines) is 1. The van der Waals surface area contributed by atoms with Gasteiger partial charge < -0.3 is 10.0 Å². The van der Waals surface area contributed by atoms with Crippen molar-refractivity contribution in [3.05, 3.63) is 0 Å². The van der Waals surface area contributed by atoms with Crippen molar-refractivity contribution in [3.8, 4) is 0 Å². The van der Waals surface area contributed by atoms with Crippen LogP contribution in [0.2, 0.25) is 0 Å². The normalized spacial score (nSPS) is 49.4. The molecule has 1 amide bonds. The predicted octanol–water partition coefficient (Wildman–Crippen LogP) is 2.73. The molecule has 1 saturated heterocycles. The Hall–Kier alpha value is -1.39. The molecule has 1 heterocycles. The molecule has 0 aromatic rings. The summed E-state index contributed by atoms with van der Waals surface area (Å²) in [5, 5.41) is 9.65. The number of carbonyl (C=O) groups excluding carboxylic acids is 2. The molecule has 0 bridgehead atoms. The van der Waals surface area contributed by atoms with Gasteiger partial charge in [-0.3, -0.25) is 14.4 Å². The first-order valence-corrected chi connectivity index (χ1v) is 9.71. The van der Waals surface area contributed by atoms with E-state index in [9.17, 15) is 19.5 Å². The minimum absolute atomic E-state index is 0.00838. The Bertz CT molecular complexity index is 646. The van der Waals surface area contributed by atoms with E-state index in [4.69, 9.17) is 0 Å². The number of carboxylic acids is 1. The Kier molecular flexibility index (Phi) is 3.62. The molecule has 25 heavy (non-hydrogen) atoms. The molecule has 1 aliphatic heterocycles. The highest BCUT2D eigenvalue weighted by Gasteiger charge is 2.64. The zero-order valence-electron chi connectivity index (χ0n) is 15.5. The predicted molar refractivity (Wildman–Crippen MR) is 91.7 cm³/mol. The quantitative estimate of drug-likeness (QED) is 0.791. The van der Waals surface area contributed by atoms with Crippen LogP contribution in [0, 0.1) is 34.5 Å². The van der Waals surface area contributed by atoms with Crippen molar-refractivity contribution in [2.75, 3.05) is 7.05 Å². The van der Waals surface area contributed by atoms with Crippen molar-refractivity contribution in [2.24, 2.45) is 34.5 Å². The average Bonchev–Trinajstić information content (AvgIpc) is 2.91. The lowest BCUT2D eigenvalue weighted by Crippen LogP contribution is -2.64. The van der Waals surface area contributed by atoms with Gasteiger partial charge in [0, 0.05) is 31.8 Å². The number of amides is 1. The number of piperidine rings is 1. The van der Waals surface area contributed by atoms with E-state index in [1.165, 1.54) is 0 Å². The molecule has 4 aliphatic rings. The second kappa shape index (κ2) is 5.31. The minimum Gasteiger partial charge on any atom is -0.481 e. The molecule has 4 rings (SSSR count). The monoisotopic (exact) mass is 347 g/mol. The molecule has 0 aromatic heterocycles. The van der Waals surface area contributed by atoms with Gasteiger partial charge in [0.1, 0.15) is 5.78 Å². The van der Waals surface area contributed by atoms with Gasteiger partial charge >= 0.3 is 5.97 Å². The van der Waals surface area contributed by atoms with Crippen LogP contribution in [0.3, 0.4) is 0 Å². The number of rotatable bonds is 1. The average molecular weight is 347 g/mol. The van der Waals surface area contributed by atoms with Gasteiger partial charge in [0.25, 0.3) is 0 Å². The van der Waals surface area contributed by atoms with Gasteiger partial charge in [-0.25, -0.2) is 0 Å². The molecule has 5 nitrogen and oxygen atoms in total. The second-order valence-corrected chi connectivity index (χ2v) is 9.45. The third-order valence-electron chi connectivity index (χ3n) is 8.68. The van der Waals surface area contributed by atoms with Crippen LogP contribution in [-0.2, 0) is 14.4 Å². The van der Waals surface area contributed by atoms with Crippen molar-refractivity contribution >= 4 is 17.7 Å².